The van der Waals surface area contributed by atoms with Crippen molar-refractivity contribution in [3.05, 3.63) is 23.7 Å². The van der Waals surface area contributed by atoms with Crippen molar-refractivity contribution < 1.29 is 8.42 Å². The molecule has 0 aliphatic heterocycles. The number of hydrogen-bond acceptors (Lipinski definition) is 4. The van der Waals surface area contributed by atoms with Gasteiger partial charge in [0.15, 0.2) is 0 Å². The molecule has 2 aromatic heterocycles. The molecule has 1 fully saturated rings. The van der Waals surface area contributed by atoms with Crippen LogP contribution < -0.4 is 4.72 Å². The van der Waals surface area contributed by atoms with Crippen molar-refractivity contribution in [1.29, 1.82) is 0 Å². The van der Waals surface area contributed by atoms with Crippen molar-refractivity contribution in [3.8, 4) is 10.6 Å². The monoisotopic (exact) mass is 367 g/mol. The molecule has 5 nitrogen and oxygen atoms in total. The predicted octanol–water partition coefficient (Wildman–Crippen LogP) is 3.64. The lowest BCUT2D eigenvalue weighted by atomic mass is 9.71. The summed E-state index contributed by atoms with van der Waals surface area (Å²) < 4.78 is 30.5. The Bertz CT molecular complexity index is 807. The Hall–Kier alpha value is -1.18. The van der Waals surface area contributed by atoms with Crippen LogP contribution in [0.5, 0.6) is 0 Å². The highest BCUT2D eigenvalue weighted by molar-refractivity contribution is 7.89. The van der Waals surface area contributed by atoms with E-state index in [0.717, 1.165) is 24.1 Å². The maximum absolute atomic E-state index is 13.0. The minimum Gasteiger partial charge on any atom is -0.274 e. The quantitative estimate of drug-likeness (QED) is 0.897. The molecular weight excluding hydrogens is 342 g/mol. The van der Waals surface area contributed by atoms with Crippen LogP contribution >= 0.6 is 11.3 Å². The van der Waals surface area contributed by atoms with Gasteiger partial charge in [0.1, 0.15) is 10.6 Å². The molecule has 24 heavy (non-hydrogen) atoms. The second-order valence-electron chi connectivity index (χ2n) is 7.72. The van der Waals surface area contributed by atoms with Crippen LogP contribution in [0.1, 0.15) is 40.0 Å². The molecule has 2 atom stereocenters. The van der Waals surface area contributed by atoms with E-state index < -0.39 is 10.0 Å². The summed E-state index contributed by atoms with van der Waals surface area (Å²) in [6.07, 6.45) is 4.48. The third kappa shape index (κ3) is 3.73. The molecule has 1 saturated carbocycles. The molecule has 1 N–H and O–H groups in total. The summed E-state index contributed by atoms with van der Waals surface area (Å²) in [5, 5.41) is 6.29. The molecule has 2 aromatic rings. The SMILES string of the molecule is CC1CC(NS(=O)(=O)c2cn(C)nc2-c2cccs2)CC(C)(C)C1. The molecular formula is C17H25N3O2S2. The summed E-state index contributed by atoms with van der Waals surface area (Å²) in [5.41, 5.74) is 0.694. The second kappa shape index (κ2) is 6.28. The van der Waals surface area contributed by atoms with Crippen LogP contribution in [0.2, 0.25) is 0 Å². The Morgan fingerprint density at radius 1 is 1.38 bits per heavy atom. The molecule has 0 aromatic carbocycles. The average molecular weight is 368 g/mol. The van der Waals surface area contributed by atoms with Crippen LogP contribution in [0.3, 0.4) is 0 Å². The van der Waals surface area contributed by atoms with Gasteiger partial charge in [0.2, 0.25) is 10.0 Å². The van der Waals surface area contributed by atoms with Crippen molar-refractivity contribution >= 4 is 21.4 Å². The van der Waals surface area contributed by atoms with Gasteiger partial charge >= 0.3 is 0 Å². The lowest BCUT2D eigenvalue weighted by Gasteiger charge is -2.39. The van der Waals surface area contributed by atoms with E-state index in [2.05, 4.69) is 30.6 Å². The zero-order valence-electron chi connectivity index (χ0n) is 14.6. The number of aryl methyl sites for hydroxylation is 1. The van der Waals surface area contributed by atoms with Gasteiger partial charge in [0.25, 0.3) is 0 Å². The van der Waals surface area contributed by atoms with Crippen molar-refractivity contribution in [3.63, 3.8) is 0 Å². The van der Waals surface area contributed by atoms with E-state index >= 15 is 0 Å². The first-order valence-corrected chi connectivity index (χ1v) is 10.6. The van der Waals surface area contributed by atoms with Crippen LogP contribution in [0, 0.1) is 11.3 Å². The third-order valence-electron chi connectivity index (χ3n) is 4.55. The summed E-state index contributed by atoms with van der Waals surface area (Å²) in [4.78, 5) is 1.14. The van der Waals surface area contributed by atoms with Crippen molar-refractivity contribution in [1.82, 2.24) is 14.5 Å². The van der Waals surface area contributed by atoms with Crippen LogP contribution in [0.25, 0.3) is 10.6 Å². The van der Waals surface area contributed by atoms with E-state index in [4.69, 9.17) is 0 Å². The molecule has 2 unspecified atom stereocenters. The van der Waals surface area contributed by atoms with Crippen LogP contribution in [-0.2, 0) is 17.1 Å². The number of rotatable bonds is 4. The van der Waals surface area contributed by atoms with Crippen LogP contribution in [-0.4, -0.2) is 24.2 Å². The number of nitrogens with zero attached hydrogens (tertiary/aromatic N) is 2. The van der Waals surface area contributed by atoms with Gasteiger partial charge in [-0.15, -0.1) is 11.3 Å². The van der Waals surface area contributed by atoms with Gasteiger partial charge in [-0.1, -0.05) is 26.8 Å². The maximum atomic E-state index is 13.0. The lowest BCUT2D eigenvalue weighted by Crippen LogP contribution is -2.42. The largest absolute Gasteiger partial charge is 0.274 e. The van der Waals surface area contributed by atoms with Gasteiger partial charge < -0.3 is 0 Å². The molecule has 0 radical (unpaired) electrons. The molecule has 1 aliphatic carbocycles. The van der Waals surface area contributed by atoms with Gasteiger partial charge in [-0.25, -0.2) is 13.1 Å². The number of thiophene rings is 1. The molecule has 2 heterocycles. The van der Waals surface area contributed by atoms with Crippen molar-refractivity contribution in [2.75, 3.05) is 0 Å². The standard InChI is InChI=1S/C17H25N3O2S2/c1-12-8-13(10-17(2,3)9-12)19-24(21,22)15-11-20(4)18-16(15)14-6-5-7-23-14/h5-7,11-13,19H,8-10H2,1-4H3. The molecule has 1 aliphatic rings. The highest BCUT2D eigenvalue weighted by Crippen LogP contribution is 2.39. The Morgan fingerprint density at radius 3 is 2.75 bits per heavy atom. The van der Waals surface area contributed by atoms with Gasteiger partial charge in [-0.3, -0.25) is 4.68 Å². The summed E-state index contributed by atoms with van der Waals surface area (Å²) in [7, 11) is -1.84. The van der Waals surface area contributed by atoms with Crippen LogP contribution in [0.4, 0.5) is 0 Å². The minimum atomic E-state index is -3.60. The fourth-order valence-electron chi connectivity index (χ4n) is 3.97. The van der Waals surface area contributed by atoms with Gasteiger partial charge in [-0.2, -0.15) is 5.10 Å². The maximum Gasteiger partial charge on any atom is 0.244 e. The molecule has 0 spiro atoms. The fourth-order valence-corrected chi connectivity index (χ4v) is 6.20. The molecule has 132 valence electrons. The second-order valence-corrected chi connectivity index (χ2v) is 10.4. The van der Waals surface area contributed by atoms with Gasteiger partial charge in [0, 0.05) is 19.3 Å². The molecule has 7 heteroatoms. The minimum absolute atomic E-state index is 0.0230. The summed E-state index contributed by atoms with van der Waals surface area (Å²) in [5.74, 6) is 0.520. The number of nitrogens with one attached hydrogen (secondary N) is 1. The van der Waals surface area contributed by atoms with E-state index in [1.807, 2.05) is 17.5 Å². The topological polar surface area (TPSA) is 64.0 Å². The third-order valence-corrected chi connectivity index (χ3v) is 6.95. The first-order valence-electron chi connectivity index (χ1n) is 8.26. The lowest BCUT2D eigenvalue weighted by molar-refractivity contribution is 0.163. The number of hydrogen-bond donors (Lipinski definition) is 1. The van der Waals surface area contributed by atoms with E-state index in [1.54, 1.807) is 17.9 Å². The molecule has 0 amide bonds. The highest BCUT2D eigenvalue weighted by Gasteiger charge is 2.35. The van der Waals surface area contributed by atoms with Crippen LogP contribution in [0.15, 0.2) is 28.6 Å². The van der Waals surface area contributed by atoms with Crippen molar-refractivity contribution in [2.45, 2.75) is 51.0 Å². The van der Waals surface area contributed by atoms with Gasteiger partial charge in [-0.05, 0) is 42.0 Å². The molecule has 0 bridgehead atoms. The fraction of sp³-hybridized carbons (Fsp3) is 0.588. The van der Waals surface area contributed by atoms with E-state index in [1.165, 1.54) is 11.3 Å². The average Bonchev–Trinajstić information content (AvgIpc) is 3.03. The molecule has 3 rings (SSSR count). The van der Waals surface area contributed by atoms with Gasteiger partial charge in [0.05, 0.1) is 4.88 Å². The highest BCUT2D eigenvalue weighted by atomic mass is 32.2. The Morgan fingerprint density at radius 2 is 2.12 bits per heavy atom. The van der Waals surface area contributed by atoms with E-state index in [-0.39, 0.29) is 16.4 Å². The normalized spacial score (nSPS) is 24.2. The number of sulfonamides is 1. The van der Waals surface area contributed by atoms with Crippen molar-refractivity contribution in [2.24, 2.45) is 18.4 Å². The Balaban J connectivity index is 1.89. The molecule has 0 saturated heterocycles. The number of aromatic nitrogens is 2. The Kier molecular flexibility index (Phi) is 4.61. The zero-order valence-corrected chi connectivity index (χ0v) is 16.2. The van der Waals surface area contributed by atoms with E-state index in [9.17, 15) is 8.42 Å². The summed E-state index contributed by atoms with van der Waals surface area (Å²) >= 11 is 1.50. The predicted molar refractivity (Wildman–Crippen MR) is 97.4 cm³/mol. The Labute approximate surface area is 148 Å². The first kappa shape index (κ1) is 17.6. The zero-order chi connectivity index (χ0) is 17.5. The first-order chi connectivity index (χ1) is 11.2. The summed E-state index contributed by atoms with van der Waals surface area (Å²) in [6, 6.07) is 3.78. The smallest absolute Gasteiger partial charge is 0.244 e. The summed E-state index contributed by atoms with van der Waals surface area (Å²) in [6.45, 7) is 6.62. The van der Waals surface area contributed by atoms with E-state index in [0.29, 0.717) is 11.6 Å².